The van der Waals surface area contributed by atoms with Crippen LogP contribution < -0.4 is 0 Å². The zero-order valence-corrected chi connectivity index (χ0v) is 7.45. The van der Waals surface area contributed by atoms with Gasteiger partial charge in [-0.05, 0) is 5.41 Å². The first kappa shape index (κ1) is 9.48. The summed E-state index contributed by atoms with van der Waals surface area (Å²) in [4.78, 5) is 12.4. The summed E-state index contributed by atoms with van der Waals surface area (Å²) in [6, 6.07) is -0.710. The first-order valence-electron chi connectivity index (χ1n) is 4.04. The summed E-state index contributed by atoms with van der Waals surface area (Å²) >= 11 is 0. The largest absolute Gasteiger partial charge is 0.480 e. The molecule has 0 amide bonds. The van der Waals surface area contributed by atoms with Crippen molar-refractivity contribution in [2.24, 2.45) is 5.41 Å². The van der Waals surface area contributed by atoms with Crippen LogP contribution in [0.2, 0.25) is 0 Å². The Labute approximate surface area is 71.8 Å². The van der Waals surface area contributed by atoms with Gasteiger partial charge in [-0.15, -0.1) is 0 Å². The van der Waals surface area contributed by atoms with Gasteiger partial charge in [-0.1, -0.05) is 13.8 Å². The first-order valence-corrected chi connectivity index (χ1v) is 4.04. The third-order valence-electron chi connectivity index (χ3n) is 2.16. The van der Waals surface area contributed by atoms with Gasteiger partial charge >= 0.3 is 5.97 Å². The van der Waals surface area contributed by atoms with Crippen LogP contribution in [-0.2, 0) is 4.79 Å². The molecule has 1 saturated heterocycles. The van der Waals surface area contributed by atoms with E-state index in [1.807, 2.05) is 0 Å². The van der Waals surface area contributed by atoms with E-state index in [-0.39, 0.29) is 12.0 Å². The van der Waals surface area contributed by atoms with Crippen LogP contribution in [0.25, 0.3) is 0 Å². The highest BCUT2D eigenvalue weighted by Crippen LogP contribution is 2.30. The molecule has 1 unspecified atom stereocenters. The number of aliphatic hydroxyl groups excluding tert-OH is 1. The molecule has 0 bridgehead atoms. The molecule has 4 nitrogen and oxygen atoms in total. The summed E-state index contributed by atoms with van der Waals surface area (Å²) in [5, 5.41) is 17.5. The molecule has 12 heavy (non-hydrogen) atoms. The Balaban J connectivity index is 2.45. The number of carbonyl (C=O) groups is 1. The van der Waals surface area contributed by atoms with Crippen LogP contribution in [0.4, 0.5) is 0 Å². The lowest BCUT2D eigenvalue weighted by atomic mass is 9.83. The number of carboxylic acid groups (broad SMARTS) is 1. The Morgan fingerprint density at radius 1 is 1.58 bits per heavy atom. The molecular formula is C8H15NO3. The second kappa shape index (κ2) is 3.03. The van der Waals surface area contributed by atoms with Crippen molar-refractivity contribution in [1.82, 2.24) is 4.90 Å². The van der Waals surface area contributed by atoms with Crippen molar-refractivity contribution in [3.63, 3.8) is 0 Å². The topological polar surface area (TPSA) is 60.8 Å². The Bertz CT molecular complexity index is 183. The minimum atomic E-state index is -0.937. The van der Waals surface area contributed by atoms with E-state index in [4.69, 9.17) is 10.2 Å². The molecule has 0 aliphatic carbocycles. The summed E-state index contributed by atoms with van der Waals surface area (Å²) < 4.78 is 0. The molecule has 1 rings (SSSR count). The van der Waals surface area contributed by atoms with Crippen molar-refractivity contribution in [1.29, 1.82) is 0 Å². The van der Waals surface area contributed by atoms with Gasteiger partial charge < -0.3 is 10.2 Å². The fourth-order valence-corrected chi connectivity index (χ4v) is 1.62. The number of aliphatic carboxylic acids is 1. The monoisotopic (exact) mass is 173 g/mol. The van der Waals surface area contributed by atoms with Gasteiger partial charge in [-0.25, -0.2) is 0 Å². The Morgan fingerprint density at radius 2 is 2.08 bits per heavy atom. The van der Waals surface area contributed by atoms with Crippen LogP contribution >= 0.6 is 0 Å². The number of hydrogen-bond donors (Lipinski definition) is 2. The maximum Gasteiger partial charge on any atom is 0.323 e. The van der Waals surface area contributed by atoms with Crippen molar-refractivity contribution >= 4 is 5.97 Å². The Hall–Kier alpha value is -0.610. The van der Waals surface area contributed by atoms with Gasteiger partial charge in [0.25, 0.3) is 0 Å². The summed E-state index contributed by atoms with van der Waals surface area (Å²) in [5.41, 5.74) is 0.211. The van der Waals surface area contributed by atoms with Crippen LogP contribution in [0.3, 0.4) is 0 Å². The average Bonchev–Trinajstić information content (AvgIpc) is 1.84. The third-order valence-corrected chi connectivity index (χ3v) is 2.16. The minimum Gasteiger partial charge on any atom is -0.480 e. The van der Waals surface area contributed by atoms with Gasteiger partial charge in [0.1, 0.15) is 6.04 Å². The van der Waals surface area contributed by atoms with E-state index in [2.05, 4.69) is 13.8 Å². The van der Waals surface area contributed by atoms with Crippen molar-refractivity contribution in [2.75, 3.05) is 19.7 Å². The molecule has 1 atom stereocenters. The quantitative estimate of drug-likeness (QED) is 0.619. The normalized spacial score (nSPS) is 24.6. The van der Waals surface area contributed by atoms with E-state index in [9.17, 15) is 4.79 Å². The molecule has 1 fully saturated rings. The summed E-state index contributed by atoms with van der Waals surface area (Å²) in [5.74, 6) is -0.937. The fraction of sp³-hybridized carbons (Fsp3) is 0.875. The molecule has 1 aliphatic rings. The number of hydrogen-bond acceptors (Lipinski definition) is 3. The molecule has 1 heterocycles. The lowest BCUT2D eigenvalue weighted by Crippen LogP contribution is -2.60. The van der Waals surface area contributed by atoms with Gasteiger partial charge in [0.15, 0.2) is 0 Å². The molecule has 0 aromatic carbocycles. The lowest BCUT2D eigenvalue weighted by molar-refractivity contribution is -0.150. The highest BCUT2D eigenvalue weighted by molar-refractivity contribution is 5.73. The third kappa shape index (κ3) is 1.76. The van der Waals surface area contributed by atoms with E-state index in [0.29, 0.717) is 0 Å². The molecule has 0 spiro atoms. The van der Waals surface area contributed by atoms with Crippen molar-refractivity contribution in [3.8, 4) is 0 Å². The maximum atomic E-state index is 10.6. The van der Waals surface area contributed by atoms with Gasteiger partial charge in [-0.3, -0.25) is 9.69 Å². The fourth-order valence-electron chi connectivity index (χ4n) is 1.62. The zero-order chi connectivity index (χ0) is 9.35. The highest BCUT2D eigenvalue weighted by atomic mass is 16.4. The standard InChI is InChI=1S/C8H15NO3/c1-8(2)4-9(5-8)6(3-10)7(11)12/h6,10H,3-5H2,1-2H3,(H,11,12). The molecule has 0 radical (unpaired) electrons. The predicted octanol–water partition coefficient (Wildman–Crippen LogP) is -0.226. The summed E-state index contributed by atoms with van der Waals surface area (Å²) in [6.07, 6.45) is 0. The van der Waals surface area contributed by atoms with Gasteiger partial charge in [0.05, 0.1) is 6.61 Å². The molecule has 0 aromatic heterocycles. The van der Waals surface area contributed by atoms with Crippen molar-refractivity contribution < 1.29 is 15.0 Å². The molecule has 1 aliphatic heterocycles. The van der Waals surface area contributed by atoms with E-state index >= 15 is 0 Å². The van der Waals surface area contributed by atoms with E-state index in [1.54, 1.807) is 4.90 Å². The van der Waals surface area contributed by atoms with Gasteiger partial charge in [-0.2, -0.15) is 0 Å². The predicted molar refractivity (Wildman–Crippen MR) is 43.9 cm³/mol. The van der Waals surface area contributed by atoms with Gasteiger partial charge in [0.2, 0.25) is 0 Å². The summed E-state index contributed by atoms with van der Waals surface area (Å²) in [7, 11) is 0. The van der Waals surface area contributed by atoms with Crippen LogP contribution in [0, 0.1) is 5.41 Å². The van der Waals surface area contributed by atoms with Crippen molar-refractivity contribution in [2.45, 2.75) is 19.9 Å². The Morgan fingerprint density at radius 3 is 2.33 bits per heavy atom. The molecule has 0 saturated carbocycles. The lowest BCUT2D eigenvalue weighted by Gasteiger charge is -2.48. The number of carboxylic acids is 1. The second-order valence-electron chi connectivity index (χ2n) is 4.11. The number of aliphatic hydroxyl groups is 1. The molecule has 2 N–H and O–H groups in total. The zero-order valence-electron chi connectivity index (χ0n) is 7.45. The molecule has 4 heteroatoms. The average molecular weight is 173 g/mol. The number of likely N-dealkylation sites (tertiary alicyclic amines) is 1. The smallest absolute Gasteiger partial charge is 0.323 e. The number of rotatable bonds is 3. The van der Waals surface area contributed by atoms with Crippen LogP contribution in [0.1, 0.15) is 13.8 Å². The van der Waals surface area contributed by atoms with Gasteiger partial charge in [0, 0.05) is 13.1 Å². The Kier molecular flexibility index (Phi) is 2.39. The summed E-state index contributed by atoms with van der Waals surface area (Å²) in [6.45, 7) is 5.38. The van der Waals surface area contributed by atoms with Crippen molar-refractivity contribution in [3.05, 3.63) is 0 Å². The van der Waals surface area contributed by atoms with Crippen LogP contribution in [0.15, 0.2) is 0 Å². The SMILES string of the molecule is CC1(C)CN(C(CO)C(=O)O)C1. The molecule has 70 valence electrons. The van der Waals surface area contributed by atoms with E-state index < -0.39 is 12.0 Å². The minimum absolute atomic E-state index is 0.211. The number of nitrogens with zero attached hydrogens (tertiary/aromatic N) is 1. The highest BCUT2D eigenvalue weighted by Gasteiger charge is 2.40. The van der Waals surface area contributed by atoms with Crippen LogP contribution in [0.5, 0.6) is 0 Å². The molecular weight excluding hydrogens is 158 g/mol. The maximum absolute atomic E-state index is 10.6. The second-order valence-corrected chi connectivity index (χ2v) is 4.11. The van der Waals surface area contributed by atoms with E-state index in [0.717, 1.165) is 13.1 Å². The first-order chi connectivity index (χ1) is 5.46. The van der Waals surface area contributed by atoms with Crippen LogP contribution in [-0.4, -0.2) is 46.8 Å². The molecule has 0 aromatic rings. The van der Waals surface area contributed by atoms with E-state index in [1.165, 1.54) is 0 Å².